The zero-order chi connectivity index (χ0) is 10.5. The lowest BCUT2D eigenvalue weighted by Gasteiger charge is -2.45. The molecule has 0 aromatic rings. The first-order chi connectivity index (χ1) is 5.63. The Bertz CT molecular complexity index is 190. The lowest BCUT2D eigenvalue weighted by atomic mass is 9.91. The predicted molar refractivity (Wildman–Crippen MR) is 25.7 cm³/mol. The maximum absolute atomic E-state index is 12.3. The Balaban J connectivity index is 3.04. The Hall–Kier alpha value is -0.530. The summed E-state index contributed by atoms with van der Waals surface area (Å²) in [7, 11) is 0. The molecule has 1 nitrogen and oxygen atoms in total. The van der Waals surface area contributed by atoms with Gasteiger partial charge in [0.05, 0.1) is 6.61 Å². The van der Waals surface area contributed by atoms with Crippen molar-refractivity contribution in [3.63, 3.8) is 0 Å². The van der Waals surface area contributed by atoms with Gasteiger partial charge in [0.2, 0.25) is 0 Å². The zero-order valence-electron chi connectivity index (χ0n) is 5.84. The third-order valence-corrected chi connectivity index (χ3v) is 1.74. The Morgan fingerprint density at radius 2 is 1.38 bits per heavy atom. The van der Waals surface area contributed by atoms with Crippen LogP contribution in [0.1, 0.15) is 0 Å². The summed E-state index contributed by atoms with van der Waals surface area (Å²) in [6.07, 6.45) is -14.6. The molecule has 0 saturated carbocycles. The molecule has 0 unspecified atom stereocenters. The van der Waals surface area contributed by atoms with Crippen molar-refractivity contribution in [2.45, 2.75) is 24.1 Å². The van der Waals surface area contributed by atoms with Gasteiger partial charge in [-0.15, -0.1) is 0 Å². The highest BCUT2D eigenvalue weighted by Crippen LogP contribution is 2.53. The summed E-state index contributed by atoms with van der Waals surface area (Å²) in [5.74, 6) is 0. The van der Waals surface area contributed by atoms with Crippen LogP contribution in [0.4, 0.5) is 30.7 Å². The normalized spacial score (nSPS) is 28.4. The second-order valence-corrected chi connectivity index (χ2v) is 2.51. The van der Waals surface area contributed by atoms with E-state index in [1.807, 2.05) is 0 Å². The number of ether oxygens (including phenoxy) is 1. The van der Waals surface area contributed by atoms with E-state index in [1.165, 1.54) is 0 Å². The van der Waals surface area contributed by atoms with Gasteiger partial charge in [0.1, 0.15) is 0 Å². The summed E-state index contributed by atoms with van der Waals surface area (Å²) in [4.78, 5) is 0. The maximum atomic E-state index is 12.3. The van der Waals surface area contributed by atoms with Crippen molar-refractivity contribution in [2.75, 3.05) is 6.61 Å². The molecule has 0 radical (unpaired) electrons. The van der Waals surface area contributed by atoms with Gasteiger partial charge in [-0.3, -0.25) is 0 Å². The molecule has 1 rings (SSSR count). The fraction of sp³-hybridized carbons (Fsp3) is 1.00. The molecule has 1 aliphatic rings. The minimum atomic E-state index is -5.77. The number of hydrogen-bond donors (Lipinski definition) is 0. The van der Waals surface area contributed by atoms with Gasteiger partial charge < -0.3 is 4.74 Å². The second-order valence-electron chi connectivity index (χ2n) is 2.51. The summed E-state index contributed by atoms with van der Waals surface area (Å²) >= 11 is 0. The van der Waals surface area contributed by atoms with E-state index < -0.39 is 30.7 Å². The molecule has 0 amide bonds. The molecule has 13 heavy (non-hydrogen) atoms. The van der Waals surface area contributed by atoms with Crippen LogP contribution in [0.3, 0.4) is 0 Å². The molecule has 8 heteroatoms. The first-order valence-electron chi connectivity index (χ1n) is 3.04. The van der Waals surface area contributed by atoms with Crippen LogP contribution in [0.15, 0.2) is 0 Å². The van der Waals surface area contributed by atoms with Crippen LogP contribution >= 0.6 is 0 Å². The molecule has 0 aromatic heterocycles. The molecule has 0 bridgehead atoms. The van der Waals surface area contributed by atoms with Gasteiger partial charge in [-0.05, 0) is 0 Å². The van der Waals surface area contributed by atoms with Crippen molar-refractivity contribution in [1.82, 2.24) is 0 Å². The molecule has 1 atom stereocenters. The second kappa shape index (κ2) is 2.49. The largest absolute Gasteiger partial charge is 0.429 e. The molecular formula is C5H3F7O. The summed E-state index contributed by atoms with van der Waals surface area (Å²) < 4.78 is 86.5. The van der Waals surface area contributed by atoms with Crippen LogP contribution in [-0.2, 0) is 4.74 Å². The van der Waals surface area contributed by atoms with E-state index in [-0.39, 0.29) is 0 Å². The van der Waals surface area contributed by atoms with E-state index in [0.29, 0.717) is 0 Å². The standard InChI is InChI=1S/C5H3F7O/c6-2-1-13-3(2,4(7,8)9)5(10,11)12/h2H,1H2/t2-/m1/s1. The first kappa shape index (κ1) is 10.6. The van der Waals surface area contributed by atoms with Gasteiger partial charge >= 0.3 is 12.4 Å². The Morgan fingerprint density at radius 3 is 1.38 bits per heavy atom. The van der Waals surface area contributed by atoms with E-state index in [0.717, 1.165) is 0 Å². The molecule has 1 aliphatic heterocycles. The van der Waals surface area contributed by atoms with E-state index in [9.17, 15) is 30.7 Å². The van der Waals surface area contributed by atoms with Gasteiger partial charge in [-0.2, -0.15) is 26.3 Å². The highest BCUT2D eigenvalue weighted by molar-refractivity contribution is 5.07. The van der Waals surface area contributed by atoms with E-state index in [2.05, 4.69) is 4.74 Å². The third kappa shape index (κ3) is 1.18. The SMILES string of the molecule is F[C@@H]1COC1(C(F)(F)F)C(F)(F)F. The van der Waals surface area contributed by atoms with Crippen LogP contribution in [-0.4, -0.2) is 30.7 Å². The van der Waals surface area contributed by atoms with Gasteiger partial charge in [-0.1, -0.05) is 0 Å². The zero-order valence-corrected chi connectivity index (χ0v) is 5.84. The molecule has 0 aromatic carbocycles. The van der Waals surface area contributed by atoms with Crippen molar-refractivity contribution in [3.05, 3.63) is 0 Å². The van der Waals surface area contributed by atoms with Crippen molar-refractivity contribution < 1.29 is 35.5 Å². The fourth-order valence-electron chi connectivity index (χ4n) is 0.993. The number of rotatable bonds is 0. The lowest BCUT2D eigenvalue weighted by Crippen LogP contribution is -2.72. The summed E-state index contributed by atoms with van der Waals surface area (Å²) in [6.45, 7) is -1.18. The van der Waals surface area contributed by atoms with Gasteiger partial charge in [0, 0.05) is 0 Å². The van der Waals surface area contributed by atoms with Crippen LogP contribution in [0.2, 0.25) is 0 Å². The van der Waals surface area contributed by atoms with Gasteiger partial charge in [0.25, 0.3) is 5.60 Å². The van der Waals surface area contributed by atoms with Crippen LogP contribution < -0.4 is 0 Å². The Labute approximate surface area is 67.5 Å². The first-order valence-corrected chi connectivity index (χ1v) is 3.04. The van der Waals surface area contributed by atoms with Crippen molar-refractivity contribution >= 4 is 0 Å². The molecule has 1 heterocycles. The highest BCUT2D eigenvalue weighted by Gasteiger charge is 2.81. The fourth-order valence-corrected chi connectivity index (χ4v) is 0.993. The molecule has 78 valence electrons. The van der Waals surface area contributed by atoms with Crippen LogP contribution in [0.25, 0.3) is 0 Å². The van der Waals surface area contributed by atoms with Crippen molar-refractivity contribution in [3.8, 4) is 0 Å². The molecule has 1 saturated heterocycles. The van der Waals surface area contributed by atoms with Gasteiger partial charge in [-0.25, -0.2) is 4.39 Å². The predicted octanol–water partition coefficient (Wildman–Crippen LogP) is 2.22. The monoisotopic (exact) mass is 212 g/mol. The Kier molecular flexibility index (Phi) is 2.02. The smallest absolute Gasteiger partial charge is 0.353 e. The number of hydrogen-bond acceptors (Lipinski definition) is 1. The quantitative estimate of drug-likeness (QED) is 0.559. The van der Waals surface area contributed by atoms with Crippen LogP contribution in [0, 0.1) is 0 Å². The van der Waals surface area contributed by atoms with E-state index in [4.69, 9.17) is 0 Å². The highest BCUT2D eigenvalue weighted by atomic mass is 19.4. The maximum Gasteiger partial charge on any atom is 0.429 e. The molecule has 0 spiro atoms. The van der Waals surface area contributed by atoms with E-state index >= 15 is 0 Å². The van der Waals surface area contributed by atoms with Crippen molar-refractivity contribution in [1.29, 1.82) is 0 Å². The van der Waals surface area contributed by atoms with E-state index in [1.54, 1.807) is 0 Å². The minimum Gasteiger partial charge on any atom is -0.353 e. The third-order valence-electron chi connectivity index (χ3n) is 1.74. The Morgan fingerprint density at radius 1 is 1.00 bits per heavy atom. The average molecular weight is 212 g/mol. The van der Waals surface area contributed by atoms with Crippen LogP contribution in [0.5, 0.6) is 0 Å². The average Bonchev–Trinajstić information content (AvgIpc) is 1.77. The summed E-state index contributed by atoms with van der Waals surface area (Å²) in [6, 6.07) is 0. The molecular weight excluding hydrogens is 209 g/mol. The topological polar surface area (TPSA) is 9.23 Å². The molecule has 0 aliphatic carbocycles. The summed E-state index contributed by atoms with van der Waals surface area (Å²) in [5.41, 5.74) is -4.61. The molecule has 0 N–H and O–H groups in total. The summed E-state index contributed by atoms with van der Waals surface area (Å²) in [5, 5.41) is 0. The van der Waals surface area contributed by atoms with Gasteiger partial charge in [0.15, 0.2) is 6.17 Å². The van der Waals surface area contributed by atoms with Crippen molar-refractivity contribution in [2.24, 2.45) is 0 Å². The lowest BCUT2D eigenvalue weighted by molar-refractivity contribution is -0.441. The minimum absolute atomic E-state index is 1.18. The number of halogens is 7. The number of alkyl halides is 7. The molecule has 1 fully saturated rings.